The Labute approximate surface area is 109 Å². The van der Waals surface area contributed by atoms with E-state index in [4.69, 9.17) is 10.4 Å². The lowest BCUT2D eigenvalue weighted by molar-refractivity contribution is -0.134. The summed E-state index contributed by atoms with van der Waals surface area (Å²) in [5.74, 6) is -0.694. The number of thioether (sulfide) groups is 1. The Balaban J connectivity index is 2.41. The molecule has 0 bridgehead atoms. The van der Waals surface area contributed by atoms with Gasteiger partial charge in [0.15, 0.2) is 0 Å². The Morgan fingerprint density at radius 1 is 1.39 bits per heavy atom. The fraction of sp³-hybridized carbons (Fsp3) is 0.250. The van der Waals surface area contributed by atoms with Gasteiger partial charge in [0.05, 0.1) is 17.0 Å². The standard InChI is InChI=1S/C12H12N2O3S/c13-7-9-3-1-2-4-10(9)14-11(15)5-6-18-8-12(16)17/h1-4H,5-6,8H2,(H,14,15)(H,16,17). The van der Waals surface area contributed by atoms with Crippen molar-refractivity contribution in [2.24, 2.45) is 0 Å². The maximum Gasteiger partial charge on any atom is 0.313 e. The van der Waals surface area contributed by atoms with Crippen molar-refractivity contribution >= 4 is 29.3 Å². The molecule has 0 saturated heterocycles. The quantitative estimate of drug-likeness (QED) is 0.763. The Kier molecular flexibility index (Phi) is 5.74. The van der Waals surface area contributed by atoms with Crippen LogP contribution in [0.15, 0.2) is 24.3 Å². The molecule has 1 amide bonds. The number of carboxylic acids is 1. The summed E-state index contributed by atoms with van der Waals surface area (Å²) in [7, 11) is 0. The molecular weight excluding hydrogens is 252 g/mol. The number of aliphatic carboxylic acids is 1. The van der Waals surface area contributed by atoms with Gasteiger partial charge in [-0.05, 0) is 12.1 Å². The molecule has 0 unspecified atom stereocenters. The third-order valence-corrected chi connectivity index (χ3v) is 2.96. The molecule has 0 aliphatic carbocycles. The first-order valence-corrected chi connectivity index (χ1v) is 6.37. The molecule has 5 nitrogen and oxygen atoms in total. The third kappa shape index (κ3) is 4.89. The van der Waals surface area contributed by atoms with Crippen LogP contribution in [0, 0.1) is 11.3 Å². The van der Waals surface area contributed by atoms with E-state index in [1.165, 1.54) is 11.8 Å². The molecule has 0 heterocycles. The van der Waals surface area contributed by atoms with Crippen LogP contribution in [0.5, 0.6) is 0 Å². The zero-order chi connectivity index (χ0) is 13.4. The molecule has 0 radical (unpaired) electrons. The van der Waals surface area contributed by atoms with Gasteiger partial charge in [0, 0.05) is 12.2 Å². The lowest BCUT2D eigenvalue weighted by Crippen LogP contribution is -2.13. The van der Waals surface area contributed by atoms with Crippen LogP contribution in [-0.2, 0) is 9.59 Å². The van der Waals surface area contributed by atoms with E-state index in [1.54, 1.807) is 24.3 Å². The summed E-state index contributed by atoms with van der Waals surface area (Å²) in [5.41, 5.74) is 0.886. The van der Waals surface area contributed by atoms with Crippen molar-refractivity contribution in [3.8, 4) is 6.07 Å². The van der Waals surface area contributed by atoms with Crippen molar-refractivity contribution in [2.45, 2.75) is 6.42 Å². The van der Waals surface area contributed by atoms with Crippen LogP contribution in [0.4, 0.5) is 5.69 Å². The van der Waals surface area contributed by atoms with Gasteiger partial charge < -0.3 is 10.4 Å². The first kappa shape index (κ1) is 14.1. The van der Waals surface area contributed by atoms with Crippen LogP contribution in [0.1, 0.15) is 12.0 Å². The van der Waals surface area contributed by atoms with Crippen molar-refractivity contribution < 1.29 is 14.7 Å². The minimum absolute atomic E-state index is 0.0118. The predicted octanol–water partition coefficient (Wildman–Crippen LogP) is 1.70. The molecule has 0 saturated carbocycles. The Hall–Kier alpha value is -2.00. The fourth-order valence-corrected chi connectivity index (χ4v) is 1.88. The summed E-state index contributed by atoms with van der Waals surface area (Å²) >= 11 is 1.18. The van der Waals surface area contributed by atoms with Crippen molar-refractivity contribution in [3.05, 3.63) is 29.8 Å². The van der Waals surface area contributed by atoms with Gasteiger partial charge in [-0.3, -0.25) is 9.59 Å². The zero-order valence-electron chi connectivity index (χ0n) is 9.55. The first-order chi connectivity index (χ1) is 8.63. The molecule has 1 aromatic carbocycles. The van der Waals surface area contributed by atoms with E-state index in [0.717, 1.165) is 0 Å². The largest absolute Gasteiger partial charge is 0.481 e. The summed E-state index contributed by atoms with van der Waals surface area (Å²) in [6.45, 7) is 0. The summed E-state index contributed by atoms with van der Waals surface area (Å²) in [6.07, 6.45) is 0.220. The molecule has 0 aliphatic heterocycles. The molecule has 0 aromatic heterocycles. The second-order valence-corrected chi connectivity index (χ2v) is 4.51. The molecule has 1 rings (SSSR count). The maximum atomic E-state index is 11.5. The van der Waals surface area contributed by atoms with Gasteiger partial charge in [0.1, 0.15) is 6.07 Å². The van der Waals surface area contributed by atoms with E-state index in [-0.39, 0.29) is 18.1 Å². The number of nitrogens with zero attached hydrogens (tertiary/aromatic N) is 1. The van der Waals surface area contributed by atoms with Gasteiger partial charge in [0.2, 0.25) is 5.91 Å². The lowest BCUT2D eigenvalue weighted by atomic mass is 10.2. The van der Waals surface area contributed by atoms with Crippen LogP contribution in [0.25, 0.3) is 0 Å². The topological polar surface area (TPSA) is 90.2 Å². The smallest absolute Gasteiger partial charge is 0.313 e. The Morgan fingerprint density at radius 3 is 2.78 bits per heavy atom. The van der Waals surface area contributed by atoms with Crippen LogP contribution in [0.2, 0.25) is 0 Å². The highest BCUT2D eigenvalue weighted by Gasteiger charge is 2.06. The van der Waals surface area contributed by atoms with Crippen molar-refractivity contribution in [3.63, 3.8) is 0 Å². The molecule has 6 heteroatoms. The van der Waals surface area contributed by atoms with Crippen LogP contribution >= 0.6 is 11.8 Å². The maximum absolute atomic E-state index is 11.5. The number of carbonyl (C=O) groups is 2. The van der Waals surface area contributed by atoms with E-state index in [2.05, 4.69) is 5.32 Å². The van der Waals surface area contributed by atoms with Gasteiger partial charge >= 0.3 is 5.97 Å². The molecule has 2 N–H and O–H groups in total. The van der Waals surface area contributed by atoms with E-state index in [1.807, 2.05) is 6.07 Å². The van der Waals surface area contributed by atoms with Crippen LogP contribution in [-0.4, -0.2) is 28.5 Å². The summed E-state index contributed by atoms with van der Waals surface area (Å²) < 4.78 is 0. The highest BCUT2D eigenvalue weighted by atomic mass is 32.2. The minimum atomic E-state index is -0.893. The zero-order valence-corrected chi connectivity index (χ0v) is 10.4. The molecule has 1 aromatic rings. The van der Waals surface area contributed by atoms with E-state index in [9.17, 15) is 9.59 Å². The van der Waals surface area contributed by atoms with Crippen LogP contribution < -0.4 is 5.32 Å². The van der Waals surface area contributed by atoms with Crippen molar-refractivity contribution in [1.29, 1.82) is 5.26 Å². The Morgan fingerprint density at radius 2 is 2.11 bits per heavy atom. The Bertz CT molecular complexity index is 482. The van der Waals surface area contributed by atoms with Gasteiger partial charge in [-0.1, -0.05) is 12.1 Å². The van der Waals surface area contributed by atoms with Gasteiger partial charge in [-0.15, -0.1) is 11.8 Å². The number of hydrogen-bond donors (Lipinski definition) is 2. The highest BCUT2D eigenvalue weighted by molar-refractivity contribution is 7.99. The third-order valence-electron chi connectivity index (χ3n) is 2.02. The monoisotopic (exact) mass is 264 g/mol. The fourth-order valence-electron chi connectivity index (χ4n) is 1.23. The second kappa shape index (κ2) is 7.35. The predicted molar refractivity (Wildman–Crippen MR) is 69.4 cm³/mol. The number of para-hydroxylation sites is 1. The number of amides is 1. The van der Waals surface area contributed by atoms with E-state index < -0.39 is 5.97 Å². The number of nitriles is 1. The molecule has 0 spiro atoms. The van der Waals surface area contributed by atoms with Gasteiger partial charge in [0.25, 0.3) is 0 Å². The summed E-state index contributed by atoms with van der Waals surface area (Å²) in [6, 6.07) is 8.71. The molecule has 94 valence electrons. The normalized spacial score (nSPS) is 9.50. The van der Waals surface area contributed by atoms with Crippen molar-refractivity contribution in [2.75, 3.05) is 16.8 Å². The molecule has 18 heavy (non-hydrogen) atoms. The molecular formula is C12H12N2O3S. The number of carbonyl (C=O) groups excluding carboxylic acids is 1. The number of rotatable bonds is 6. The number of nitrogens with one attached hydrogen (secondary N) is 1. The number of hydrogen-bond acceptors (Lipinski definition) is 4. The SMILES string of the molecule is N#Cc1ccccc1NC(=O)CCSCC(=O)O. The van der Waals surface area contributed by atoms with Gasteiger partial charge in [-0.2, -0.15) is 5.26 Å². The summed E-state index contributed by atoms with van der Waals surface area (Å²) in [5, 5.41) is 19.9. The molecule has 0 atom stereocenters. The summed E-state index contributed by atoms with van der Waals surface area (Å²) in [4.78, 5) is 21.8. The van der Waals surface area contributed by atoms with Crippen molar-refractivity contribution in [1.82, 2.24) is 0 Å². The minimum Gasteiger partial charge on any atom is -0.481 e. The average Bonchev–Trinajstić information content (AvgIpc) is 2.35. The average molecular weight is 264 g/mol. The lowest BCUT2D eigenvalue weighted by Gasteiger charge is -2.06. The number of benzene rings is 1. The van der Waals surface area contributed by atoms with E-state index >= 15 is 0 Å². The molecule has 0 aliphatic rings. The van der Waals surface area contributed by atoms with Gasteiger partial charge in [-0.25, -0.2) is 0 Å². The second-order valence-electron chi connectivity index (χ2n) is 3.40. The highest BCUT2D eigenvalue weighted by Crippen LogP contribution is 2.14. The molecule has 0 fully saturated rings. The van der Waals surface area contributed by atoms with Crippen LogP contribution in [0.3, 0.4) is 0 Å². The number of carboxylic acid groups (broad SMARTS) is 1. The number of anilines is 1. The first-order valence-electron chi connectivity index (χ1n) is 5.22. The van der Waals surface area contributed by atoms with E-state index in [0.29, 0.717) is 17.0 Å².